The summed E-state index contributed by atoms with van der Waals surface area (Å²) in [4.78, 5) is 6.80. The summed E-state index contributed by atoms with van der Waals surface area (Å²) in [6.45, 7) is 2.36. The highest BCUT2D eigenvalue weighted by Crippen LogP contribution is 2.26. The number of hydrogen-bond acceptors (Lipinski definition) is 3. The van der Waals surface area contributed by atoms with Crippen molar-refractivity contribution in [1.82, 2.24) is 14.3 Å². The first-order valence-electron chi connectivity index (χ1n) is 6.15. The summed E-state index contributed by atoms with van der Waals surface area (Å²) in [7, 11) is -3.42. The fraction of sp³-hybridized carbons (Fsp3) is 0.727. The van der Waals surface area contributed by atoms with Crippen LogP contribution in [0, 0.1) is 6.92 Å². The van der Waals surface area contributed by atoms with Crippen LogP contribution in [-0.4, -0.2) is 40.6 Å². The molecule has 0 spiro atoms. The zero-order chi connectivity index (χ0) is 13.2. The number of aromatic amines is 1. The Morgan fingerprint density at radius 1 is 1.56 bits per heavy atom. The lowest BCUT2D eigenvalue weighted by atomic mass is 10.0. The molecule has 1 unspecified atom stereocenters. The Morgan fingerprint density at radius 2 is 2.33 bits per heavy atom. The van der Waals surface area contributed by atoms with E-state index in [9.17, 15) is 8.42 Å². The number of alkyl halides is 1. The van der Waals surface area contributed by atoms with Crippen LogP contribution in [0.25, 0.3) is 0 Å². The van der Waals surface area contributed by atoms with Gasteiger partial charge in [-0.2, -0.15) is 4.31 Å². The monoisotopic (exact) mass is 335 g/mol. The summed E-state index contributed by atoms with van der Waals surface area (Å²) in [6, 6.07) is 0.103. The second kappa shape index (κ2) is 5.71. The van der Waals surface area contributed by atoms with Crippen LogP contribution in [0.3, 0.4) is 0 Å². The number of aryl methyl sites for hydroxylation is 1. The summed E-state index contributed by atoms with van der Waals surface area (Å²) in [5.41, 5.74) is 0. The maximum Gasteiger partial charge on any atom is 0.260 e. The number of rotatable bonds is 4. The topological polar surface area (TPSA) is 66.1 Å². The van der Waals surface area contributed by atoms with E-state index in [0.717, 1.165) is 31.0 Å². The van der Waals surface area contributed by atoms with E-state index in [4.69, 9.17) is 0 Å². The minimum atomic E-state index is -3.42. The number of sulfonamides is 1. The molecular formula is C11H18BrN3O2S. The third-order valence-corrected chi connectivity index (χ3v) is 5.60. The van der Waals surface area contributed by atoms with Gasteiger partial charge in [-0.1, -0.05) is 22.4 Å². The normalized spacial score (nSPS) is 22.2. The van der Waals surface area contributed by atoms with E-state index in [1.165, 1.54) is 6.20 Å². The summed E-state index contributed by atoms with van der Waals surface area (Å²) in [5.74, 6) is 0.627. The van der Waals surface area contributed by atoms with Gasteiger partial charge in [-0.05, 0) is 26.2 Å². The molecule has 0 aromatic carbocycles. The number of hydrogen-bond donors (Lipinski definition) is 1. The second-order valence-electron chi connectivity index (χ2n) is 4.58. The first-order valence-corrected chi connectivity index (χ1v) is 8.71. The van der Waals surface area contributed by atoms with Gasteiger partial charge in [-0.25, -0.2) is 13.4 Å². The Morgan fingerprint density at radius 3 is 2.94 bits per heavy atom. The van der Waals surface area contributed by atoms with Crippen molar-refractivity contribution in [2.45, 2.75) is 43.7 Å². The molecule has 1 aromatic heterocycles. The van der Waals surface area contributed by atoms with Crippen molar-refractivity contribution in [3.63, 3.8) is 0 Å². The van der Waals surface area contributed by atoms with E-state index >= 15 is 0 Å². The maximum atomic E-state index is 12.5. The Balaban J connectivity index is 2.27. The number of aromatic nitrogens is 2. The van der Waals surface area contributed by atoms with Crippen molar-refractivity contribution >= 4 is 26.0 Å². The quantitative estimate of drug-likeness (QED) is 0.856. The Hall–Kier alpha value is -0.400. The van der Waals surface area contributed by atoms with E-state index in [1.54, 1.807) is 11.2 Å². The maximum absolute atomic E-state index is 12.5. The van der Waals surface area contributed by atoms with Crippen LogP contribution in [0.15, 0.2) is 11.2 Å². The lowest BCUT2D eigenvalue weighted by Gasteiger charge is -2.33. The third-order valence-electron chi connectivity index (χ3n) is 3.28. The highest BCUT2D eigenvalue weighted by atomic mass is 79.9. The molecule has 1 aliphatic heterocycles. The summed E-state index contributed by atoms with van der Waals surface area (Å²) < 4.78 is 26.7. The van der Waals surface area contributed by atoms with Crippen molar-refractivity contribution in [2.75, 3.05) is 11.9 Å². The molecule has 1 N–H and O–H groups in total. The van der Waals surface area contributed by atoms with Crippen LogP contribution in [0.5, 0.6) is 0 Å². The van der Waals surface area contributed by atoms with Crippen LogP contribution in [-0.2, 0) is 10.0 Å². The van der Waals surface area contributed by atoms with Crippen LogP contribution in [0.2, 0.25) is 0 Å². The zero-order valence-electron chi connectivity index (χ0n) is 10.4. The molecule has 0 aliphatic carbocycles. The molecule has 1 aromatic rings. The smallest absolute Gasteiger partial charge is 0.260 e. The zero-order valence-corrected chi connectivity index (χ0v) is 12.8. The average molecular weight is 336 g/mol. The van der Waals surface area contributed by atoms with Crippen LogP contribution in [0.4, 0.5) is 0 Å². The fourth-order valence-electron chi connectivity index (χ4n) is 2.36. The number of H-pyrrole nitrogens is 1. The molecular weight excluding hydrogens is 318 g/mol. The van der Waals surface area contributed by atoms with Gasteiger partial charge in [-0.3, -0.25) is 0 Å². The SMILES string of the molecule is Cc1ncc(S(=O)(=O)N2CCCCC2CCBr)[nH]1. The van der Waals surface area contributed by atoms with Gasteiger partial charge >= 0.3 is 0 Å². The number of halogens is 1. The Kier molecular flexibility index (Phi) is 4.45. The number of nitrogens with one attached hydrogen (secondary N) is 1. The molecule has 0 radical (unpaired) electrons. The van der Waals surface area contributed by atoms with Gasteiger partial charge in [-0.15, -0.1) is 0 Å². The van der Waals surface area contributed by atoms with Gasteiger partial charge < -0.3 is 4.98 Å². The van der Waals surface area contributed by atoms with E-state index in [1.807, 2.05) is 0 Å². The highest BCUT2D eigenvalue weighted by Gasteiger charge is 2.33. The number of piperidine rings is 1. The van der Waals surface area contributed by atoms with E-state index in [0.29, 0.717) is 12.4 Å². The van der Waals surface area contributed by atoms with Crippen LogP contribution < -0.4 is 0 Å². The molecule has 0 saturated carbocycles. The van der Waals surface area contributed by atoms with Crippen molar-refractivity contribution < 1.29 is 8.42 Å². The summed E-state index contributed by atoms with van der Waals surface area (Å²) >= 11 is 3.40. The van der Waals surface area contributed by atoms with E-state index in [2.05, 4.69) is 25.9 Å². The van der Waals surface area contributed by atoms with Gasteiger partial charge in [0.15, 0.2) is 5.03 Å². The number of imidazole rings is 1. The molecule has 0 bridgehead atoms. The van der Waals surface area contributed by atoms with E-state index < -0.39 is 10.0 Å². The third kappa shape index (κ3) is 2.78. The number of nitrogens with zero attached hydrogens (tertiary/aromatic N) is 2. The largest absolute Gasteiger partial charge is 0.332 e. The first kappa shape index (κ1) is 14.0. The van der Waals surface area contributed by atoms with Crippen molar-refractivity contribution in [3.05, 3.63) is 12.0 Å². The predicted octanol–water partition coefficient (Wildman–Crippen LogP) is 2.05. The van der Waals surface area contributed by atoms with Gasteiger partial charge in [0, 0.05) is 17.9 Å². The molecule has 0 amide bonds. The van der Waals surface area contributed by atoms with E-state index in [-0.39, 0.29) is 11.1 Å². The van der Waals surface area contributed by atoms with Gasteiger partial charge in [0.25, 0.3) is 10.0 Å². The predicted molar refractivity (Wildman–Crippen MR) is 73.3 cm³/mol. The van der Waals surface area contributed by atoms with Gasteiger partial charge in [0.2, 0.25) is 0 Å². The first-order chi connectivity index (χ1) is 8.55. The van der Waals surface area contributed by atoms with Crippen LogP contribution >= 0.6 is 15.9 Å². The Labute approximate surface area is 116 Å². The fourth-order valence-corrected chi connectivity index (χ4v) is 4.58. The minimum Gasteiger partial charge on any atom is -0.332 e. The molecule has 7 heteroatoms. The van der Waals surface area contributed by atoms with Crippen molar-refractivity contribution in [3.8, 4) is 0 Å². The van der Waals surface area contributed by atoms with Crippen molar-refractivity contribution in [1.29, 1.82) is 0 Å². The molecule has 1 fully saturated rings. The van der Waals surface area contributed by atoms with Gasteiger partial charge in [0.1, 0.15) is 5.82 Å². The minimum absolute atomic E-state index is 0.103. The lowest BCUT2D eigenvalue weighted by Crippen LogP contribution is -2.43. The molecule has 1 atom stereocenters. The summed E-state index contributed by atoms with van der Waals surface area (Å²) in [6.07, 6.45) is 5.24. The molecule has 2 heterocycles. The molecule has 5 nitrogen and oxygen atoms in total. The molecule has 18 heavy (non-hydrogen) atoms. The molecule has 1 aliphatic rings. The average Bonchev–Trinajstić information content (AvgIpc) is 2.78. The second-order valence-corrected chi connectivity index (χ2v) is 7.23. The van der Waals surface area contributed by atoms with Gasteiger partial charge in [0.05, 0.1) is 6.20 Å². The van der Waals surface area contributed by atoms with Crippen LogP contribution in [0.1, 0.15) is 31.5 Å². The standard InChI is InChI=1S/C11H18BrN3O2S/c1-9-13-8-11(14-9)18(16,17)15-7-3-2-4-10(15)5-6-12/h8,10H,2-7H2,1H3,(H,13,14). The highest BCUT2D eigenvalue weighted by molar-refractivity contribution is 9.09. The summed E-state index contributed by atoms with van der Waals surface area (Å²) in [5, 5.41) is 1.03. The molecule has 1 saturated heterocycles. The molecule has 2 rings (SSSR count). The Bertz CT molecular complexity index is 498. The lowest BCUT2D eigenvalue weighted by molar-refractivity contribution is 0.247. The molecule has 102 valence electrons. The van der Waals surface area contributed by atoms with Crippen molar-refractivity contribution in [2.24, 2.45) is 0 Å².